The Morgan fingerprint density at radius 2 is 2.13 bits per heavy atom. The third kappa shape index (κ3) is 5.08. The van der Waals surface area contributed by atoms with Crippen LogP contribution in [-0.2, 0) is 22.1 Å². The summed E-state index contributed by atoms with van der Waals surface area (Å²) in [5.41, 5.74) is -0.0454. The van der Waals surface area contributed by atoms with Crippen molar-refractivity contribution in [3.63, 3.8) is 0 Å². The van der Waals surface area contributed by atoms with Gasteiger partial charge in [0.1, 0.15) is 0 Å². The van der Waals surface area contributed by atoms with Crippen LogP contribution in [0.3, 0.4) is 0 Å². The van der Waals surface area contributed by atoms with Crippen LogP contribution < -0.4 is 0 Å². The maximum atomic E-state index is 13.5. The largest absolute Gasteiger partial charge is 0.461 e. The number of carbonyl (C=O) groups is 1. The fourth-order valence-corrected chi connectivity index (χ4v) is 2.52. The fraction of sp³-hybridized carbons (Fsp3) is 0.471. The van der Waals surface area contributed by atoms with Gasteiger partial charge in [-0.3, -0.25) is 0 Å². The Morgan fingerprint density at radius 3 is 2.78 bits per heavy atom. The normalized spacial score (nSPS) is 21.2. The predicted octanol–water partition coefficient (Wildman–Crippen LogP) is 4.69. The molecule has 0 saturated heterocycles. The summed E-state index contributed by atoms with van der Waals surface area (Å²) < 4.78 is 55.9. The van der Waals surface area contributed by atoms with Crippen molar-refractivity contribution in [2.24, 2.45) is 11.8 Å². The smallest absolute Gasteiger partial charge is 0.416 e. The van der Waals surface area contributed by atoms with E-state index in [0.29, 0.717) is 18.4 Å². The number of allylic oxidation sites excluding steroid dienone is 1. The molecule has 0 aliphatic heterocycles. The summed E-state index contributed by atoms with van der Waals surface area (Å²) in [5.74, 6) is -1.69. The molecule has 1 saturated carbocycles. The summed E-state index contributed by atoms with van der Waals surface area (Å²) in [6.45, 7) is 1.71. The average molecular weight is 330 g/mol. The highest BCUT2D eigenvalue weighted by molar-refractivity contribution is 5.86. The molecule has 1 fully saturated rings. The zero-order valence-electron chi connectivity index (χ0n) is 12.7. The Balaban J connectivity index is 1.85. The zero-order chi connectivity index (χ0) is 17.0. The van der Waals surface area contributed by atoms with Crippen molar-refractivity contribution in [3.8, 4) is 0 Å². The number of halogens is 4. The topological polar surface area (TPSA) is 26.3 Å². The first-order valence-electron chi connectivity index (χ1n) is 7.51. The van der Waals surface area contributed by atoms with Crippen LogP contribution in [0.5, 0.6) is 0 Å². The van der Waals surface area contributed by atoms with E-state index in [4.69, 9.17) is 0 Å². The number of carbonyl (C=O) groups excluding carboxylic acids is 1. The molecule has 1 aromatic rings. The third-order valence-electron chi connectivity index (χ3n) is 3.87. The van der Waals surface area contributed by atoms with Crippen molar-refractivity contribution in [1.82, 2.24) is 0 Å². The molecule has 0 aromatic heterocycles. The lowest BCUT2D eigenvalue weighted by Gasteiger charge is -2.08. The van der Waals surface area contributed by atoms with Gasteiger partial charge in [0.05, 0.1) is 12.2 Å². The number of rotatable bonds is 6. The van der Waals surface area contributed by atoms with Crippen LogP contribution in [0, 0.1) is 11.8 Å². The van der Waals surface area contributed by atoms with Crippen molar-refractivity contribution >= 4 is 5.97 Å². The van der Waals surface area contributed by atoms with E-state index in [1.54, 1.807) is 13.0 Å². The summed E-state index contributed by atoms with van der Waals surface area (Å²) in [6.07, 6.45) is -1.18. The first kappa shape index (κ1) is 17.5. The number of benzene rings is 1. The molecule has 0 spiro atoms. The highest BCUT2D eigenvalue weighted by atomic mass is 19.4. The van der Waals surface area contributed by atoms with Gasteiger partial charge in [0.15, 0.2) is 0 Å². The molecule has 0 heterocycles. The molecule has 2 nitrogen and oxygen atoms in total. The molecular weight excluding hydrogens is 312 g/mol. The Kier molecular flexibility index (Phi) is 5.44. The summed E-state index contributed by atoms with van der Waals surface area (Å²) in [6, 6.07) is 5.23. The molecule has 0 bridgehead atoms. The van der Waals surface area contributed by atoms with Gasteiger partial charge in [0.2, 0.25) is 5.83 Å². The molecule has 126 valence electrons. The van der Waals surface area contributed by atoms with Crippen LogP contribution in [0.15, 0.2) is 36.2 Å². The van der Waals surface area contributed by atoms with Gasteiger partial charge < -0.3 is 4.74 Å². The Hall–Kier alpha value is -1.85. The number of esters is 1. The van der Waals surface area contributed by atoms with E-state index in [1.165, 1.54) is 12.1 Å². The lowest BCUT2D eigenvalue weighted by atomic mass is 10.0. The molecule has 1 aliphatic rings. The van der Waals surface area contributed by atoms with Crippen LogP contribution in [0.2, 0.25) is 0 Å². The first-order chi connectivity index (χ1) is 10.8. The van der Waals surface area contributed by atoms with E-state index in [2.05, 4.69) is 4.74 Å². The van der Waals surface area contributed by atoms with Gasteiger partial charge in [0.25, 0.3) is 0 Å². The highest BCUT2D eigenvalue weighted by Gasteiger charge is 2.36. The lowest BCUT2D eigenvalue weighted by molar-refractivity contribution is -0.140. The van der Waals surface area contributed by atoms with Gasteiger partial charge in [0, 0.05) is 0 Å². The maximum absolute atomic E-state index is 13.5. The van der Waals surface area contributed by atoms with E-state index in [-0.39, 0.29) is 18.4 Å². The van der Waals surface area contributed by atoms with E-state index in [1.807, 2.05) is 0 Å². The van der Waals surface area contributed by atoms with Crippen molar-refractivity contribution in [1.29, 1.82) is 0 Å². The quantitative estimate of drug-likeness (QED) is 0.430. The molecule has 0 radical (unpaired) electrons. The second-order valence-corrected chi connectivity index (χ2v) is 5.63. The Bertz CT molecular complexity index is 593. The molecule has 2 rings (SSSR count). The average Bonchev–Trinajstić information content (AvgIpc) is 3.23. The summed E-state index contributed by atoms with van der Waals surface area (Å²) in [7, 11) is 0. The van der Waals surface area contributed by atoms with Crippen molar-refractivity contribution < 1.29 is 27.1 Å². The second kappa shape index (κ2) is 7.15. The summed E-state index contributed by atoms with van der Waals surface area (Å²) >= 11 is 0. The van der Waals surface area contributed by atoms with Crippen molar-refractivity contribution in [3.05, 3.63) is 47.3 Å². The molecule has 1 aliphatic carbocycles. The van der Waals surface area contributed by atoms with Gasteiger partial charge in [-0.2, -0.15) is 17.6 Å². The molecule has 23 heavy (non-hydrogen) atoms. The number of ether oxygens (including phenoxy) is 1. The van der Waals surface area contributed by atoms with Crippen LogP contribution in [0.1, 0.15) is 30.9 Å². The summed E-state index contributed by atoms with van der Waals surface area (Å²) in [5, 5.41) is 0. The zero-order valence-corrected chi connectivity index (χ0v) is 12.7. The minimum absolute atomic E-state index is 0.0368. The molecule has 2 atom stereocenters. The van der Waals surface area contributed by atoms with Gasteiger partial charge in [-0.15, -0.1) is 0 Å². The van der Waals surface area contributed by atoms with Gasteiger partial charge in [-0.05, 0) is 55.7 Å². The molecule has 6 heteroatoms. The Morgan fingerprint density at radius 1 is 1.39 bits per heavy atom. The molecule has 0 amide bonds. The SMILES string of the molecule is CCOC(=O)/C(F)=C/C1CC1CCc1cccc(C(F)(F)F)c1. The standard InChI is InChI=1S/C17H18F4O2/c1-2-23-16(22)15(18)10-13-9-12(13)7-6-11-4-3-5-14(8-11)17(19,20)21/h3-5,8,10,12-13H,2,6-7,9H2,1H3/b15-10-. The number of aryl methyl sites for hydroxylation is 1. The number of alkyl halides is 3. The van der Waals surface area contributed by atoms with Crippen molar-refractivity contribution in [2.75, 3.05) is 6.61 Å². The first-order valence-corrected chi connectivity index (χ1v) is 7.51. The minimum Gasteiger partial charge on any atom is -0.461 e. The van der Waals surface area contributed by atoms with E-state index >= 15 is 0 Å². The van der Waals surface area contributed by atoms with Crippen LogP contribution in [-0.4, -0.2) is 12.6 Å². The molecule has 2 unspecified atom stereocenters. The fourth-order valence-electron chi connectivity index (χ4n) is 2.52. The van der Waals surface area contributed by atoms with Crippen LogP contribution in [0.4, 0.5) is 17.6 Å². The maximum Gasteiger partial charge on any atom is 0.416 e. The van der Waals surface area contributed by atoms with E-state index in [9.17, 15) is 22.4 Å². The predicted molar refractivity (Wildman–Crippen MR) is 77.2 cm³/mol. The third-order valence-corrected chi connectivity index (χ3v) is 3.87. The number of hydrogen-bond donors (Lipinski definition) is 0. The van der Waals surface area contributed by atoms with Crippen molar-refractivity contribution in [2.45, 2.75) is 32.4 Å². The van der Waals surface area contributed by atoms with Gasteiger partial charge in [-0.1, -0.05) is 18.2 Å². The van der Waals surface area contributed by atoms with Crippen LogP contribution in [0.25, 0.3) is 0 Å². The van der Waals surface area contributed by atoms with E-state index < -0.39 is 23.5 Å². The highest BCUT2D eigenvalue weighted by Crippen LogP contribution is 2.44. The Labute approximate surface area is 132 Å². The summed E-state index contributed by atoms with van der Waals surface area (Å²) in [4.78, 5) is 11.2. The monoisotopic (exact) mass is 330 g/mol. The number of hydrogen-bond acceptors (Lipinski definition) is 2. The van der Waals surface area contributed by atoms with E-state index in [0.717, 1.165) is 18.6 Å². The second-order valence-electron chi connectivity index (χ2n) is 5.63. The minimum atomic E-state index is -4.34. The van der Waals surface area contributed by atoms with Gasteiger partial charge in [-0.25, -0.2) is 4.79 Å². The molecule has 1 aromatic carbocycles. The lowest BCUT2D eigenvalue weighted by Crippen LogP contribution is -2.05. The molecule has 0 N–H and O–H groups in total. The van der Waals surface area contributed by atoms with Crippen LogP contribution >= 0.6 is 0 Å². The van der Waals surface area contributed by atoms with Gasteiger partial charge >= 0.3 is 12.1 Å². The molecular formula is C17H18F4O2.